The summed E-state index contributed by atoms with van der Waals surface area (Å²) in [6.45, 7) is 1.16. The summed E-state index contributed by atoms with van der Waals surface area (Å²) in [5.41, 5.74) is 1.75. The molecule has 136 valence electrons. The van der Waals surface area contributed by atoms with Crippen molar-refractivity contribution in [1.29, 1.82) is 0 Å². The van der Waals surface area contributed by atoms with Crippen molar-refractivity contribution in [2.75, 3.05) is 6.61 Å². The molecule has 4 heterocycles. The Labute approximate surface area is 154 Å². The first-order valence-corrected chi connectivity index (χ1v) is 8.84. The van der Waals surface area contributed by atoms with Crippen molar-refractivity contribution >= 4 is 0 Å². The fourth-order valence-electron chi connectivity index (χ4n) is 3.17. The van der Waals surface area contributed by atoms with Gasteiger partial charge < -0.3 is 18.4 Å². The van der Waals surface area contributed by atoms with Crippen LogP contribution in [-0.4, -0.2) is 31.5 Å². The first kappa shape index (κ1) is 16.0. The Bertz CT molecular complexity index is 1030. The Morgan fingerprint density at radius 1 is 1.11 bits per heavy atom. The lowest BCUT2D eigenvalue weighted by molar-refractivity contribution is 0.0835. The van der Waals surface area contributed by atoms with Crippen molar-refractivity contribution in [3.63, 3.8) is 0 Å². The van der Waals surface area contributed by atoms with Gasteiger partial charge in [0.05, 0.1) is 6.54 Å². The first-order chi connectivity index (χ1) is 13.4. The topological polar surface area (TPSA) is 92.0 Å². The van der Waals surface area contributed by atoms with E-state index in [2.05, 4.69) is 20.3 Å². The van der Waals surface area contributed by atoms with E-state index in [1.807, 2.05) is 47.2 Å². The van der Waals surface area contributed by atoms with Crippen LogP contribution in [0.15, 0.2) is 57.8 Å². The van der Waals surface area contributed by atoms with Crippen LogP contribution in [0.2, 0.25) is 0 Å². The molecule has 1 saturated heterocycles. The molecule has 0 bridgehead atoms. The monoisotopic (exact) mass is 363 g/mol. The minimum absolute atomic E-state index is 0.0868. The van der Waals surface area contributed by atoms with Crippen LogP contribution in [0.5, 0.6) is 0 Å². The molecule has 0 spiro atoms. The van der Waals surface area contributed by atoms with Crippen LogP contribution in [0.4, 0.5) is 0 Å². The third-order valence-electron chi connectivity index (χ3n) is 4.52. The molecule has 1 aliphatic heterocycles. The molecule has 1 fully saturated rings. The highest BCUT2D eigenvalue weighted by Gasteiger charge is 2.24. The Hall–Kier alpha value is -3.26. The van der Waals surface area contributed by atoms with Crippen LogP contribution in [0.25, 0.3) is 22.8 Å². The average molecular weight is 363 g/mol. The van der Waals surface area contributed by atoms with Crippen molar-refractivity contribution in [2.24, 2.45) is 0 Å². The van der Waals surface area contributed by atoms with Gasteiger partial charge in [0, 0.05) is 30.6 Å². The fraction of sp³-hybridized carbons (Fsp3) is 0.263. The highest BCUT2D eigenvalue weighted by molar-refractivity contribution is 5.63. The second-order valence-electron chi connectivity index (χ2n) is 6.37. The van der Waals surface area contributed by atoms with Crippen molar-refractivity contribution < 1.29 is 13.8 Å². The molecule has 8 nitrogen and oxygen atoms in total. The standard InChI is InChI=1S/C19H17N5O3/c1-2-5-13(6-3-1)14-11-16(26-22-14)18-20-8-9-24(18)12-17-21-19(27-23-17)15-7-4-10-25-15/h1-3,5-6,8-9,11,15H,4,7,10,12H2. The normalized spacial score (nSPS) is 16.8. The number of imidazole rings is 1. The van der Waals surface area contributed by atoms with Crippen molar-refractivity contribution in [3.8, 4) is 22.8 Å². The second kappa shape index (κ2) is 6.81. The van der Waals surface area contributed by atoms with E-state index in [1.165, 1.54) is 0 Å². The van der Waals surface area contributed by atoms with Gasteiger partial charge >= 0.3 is 0 Å². The van der Waals surface area contributed by atoms with Crippen molar-refractivity contribution in [3.05, 3.63) is 60.5 Å². The molecule has 1 aromatic carbocycles. The predicted molar refractivity (Wildman–Crippen MR) is 94.5 cm³/mol. The first-order valence-electron chi connectivity index (χ1n) is 8.84. The van der Waals surface area contributed by atoms with Gasteiger partial charge in [0.2, 0.25) is 5.76 Å². The van der Waals surface area contributed by atoms with E-state index >= 15 is 0 Å². The van der Waals surface area contributed by atoms with Crippen LogP contribution in [0.3, 0.4) is 0 Å². The second-order valence-corrected chi connectivity index (χ2v) is 6.37. The van der Waals surface area contributed by atoms with Gasteiger partial charge in [-0.1, -0.05) is 40.6 Å². The number of hydrogen-bond acceptors (Lipinski definition) is 7. The van der Waals surface area contributed by atoms with Crippen molar-refractivity contribution in [1.82, 2.24) is 24.8 Å². The number of ether oxygens (including phenoxy) is 1. The third kappa shape index (κ3) is 3.15. The third-order valence-corrected chi connectivity index (χ3v) is 4.52. The Morgan fingerprint density at radius 3 is 2.89 bits per heavy atom. The van der Waals surface area contributed by atoms with Crippen LogP contribution >= 0.6 is 0 Å². The summed E-state index contributed by atoms with van der Waals surface area (Å²) in [6, 6.07) is 11.7. The van der Waals surface area contributed by atoms with E-state index in [9.17, 15) is 0 Å². The summed E-state index contributed by atoms with van der Waals surface area (Å²) in [6.07, 6.45) is 5.40. The molecule has 4 aromatic rings. The maximum atomic E-state index is 5.59. The van der Waals surface area contributed by atoms with Crippen molar-refractivity contribution in [2.45, 2.75) is 25.5 Å². The molecule has 1 unspecified atom stereocenters. The highest BCUT2D eigenvalue weighted by Crippen LogP contribution is 2.28. The fourth-order valence-corrected chi connectivity index (χ4v) is 3.17. The van der Waals surface area contributed by atoms with Gasteiger partial charge in [-0.3, -0.25) is 0 Å². The number of rotatable bonds is 5. The molecule has 5 rings (SSSR count). The van der Waals surface area contributed by atoms with Crippen LogP contribution in [-0.2, 0) is 11.3 Å². The lowest BCUT2D eigenvalue weighted by Gasteiger charge is -2.02. The van der Waals surface area contributed by atoms with Gasteiger partial charge in [-0.2, -0.15) is 4.98 Å². The van der Waals surface area contributed by atoms with Gasteiger partial charge in [-0.25, -0.2) is 4.98 Å². The summed E-state index contributed by atoms with van der Waals surface area (Å²) in [7, 11) is 0. The van der Waals surface area contributed by atoms with E-state index in [4.69, 9.17) is 13.8 Å². The maximum absolute atomic E-state index is 5.59. The molecule has 1 atom stereocenters. The zero-order chi connectivity index (χ0) is 18.1. The largest absolute Gasteiger partial charge is 0.368 e. The van der Waals surface area contributed by atoms with E-state index in [1.54, 1.807) is 6.20 Å². The highest BCUT2D eigenvalue weighted by atomic mass is 16.5. The predicted octanol–water partition coefficient (Wildman–Crippen LogP) is 3.49. The van der Waals surface area contributed by atoms with Gasteiger partial charge in [-0.05, 0) is 12.8 Å². The summed E-state index contributed by atoms with van der Waals surface area (Å²) in [5.74, 6) is 2.35. The minimum Gasteiger partial charge on any atom is -0.368 e. The molecule has 0 N–H and O–H groups in total. The molecule has 8 heteroatoms. The Kier molecular flexibility index (Phi) is 4.02. The minimum atomic E-state index is -0.0868. The lowest BCUT2D eigenvalue weighted by atomic mass is 10.1. The zero-order valence-electron chi connectivity index (χ0n) is 14.5. The SMILES string of the molecule is c1ccc(-c2cc(-c3nccn3Cc3noc(C4CCCO4)n3)on2)cc1. The lowest BCUT2D eigenvalue weighted by Crippen LogP contribution is -2.03. The quantitative estimate of drug-likeness (QED) is 0.536. The maximum Gasteiger partial charge on any atom is 0.255 e. The average Bonchev–Trinajstić information content (AvgIpc) is 3.48. The molecule has 0 aliphatic carbocycles. The number of hydrogen-bond donors (Lipinski definition) is 0. The van der Waals surface area contributed by atoms with Crippen LogP contribution < -0.4 is 0 Å². The van der Waals surface area contributed by atoms with E-state index < -0.39 is 0 Å². The Morgan fingerprint density at radius 2 is 2.04 bits per heavy atom. The molecule has 0 radical (unpaired) electrons. The summed E-state index contributed by atoms with van der Waals surface area (Å²) >= 11 is 0. The van der Waals surface area contributed by atoms with Gasteiger partial charge in [0.15, 0.2) is 11.6 Å². The molecule has 0 saturated carbocycles. The molecule has 3 aromatic heterocycles. The van der Waals surface area contributed by atoms with Crippen LogP contribution in [0.1, 0.15) is 30.7 Å². The van der Waals surface area contributed by atoms with E-state index in [0.717, 1.165) is 30.7 Å². The smallest absolute Gasteiger partial charge is 0.255 e. The summed E-state index contributed by atoms with van der Waals surface area (Å²) in [4.78, 5) is 8.85. The van der Waals surface area contributed by atoms with E-state index in [-0.39, 0.29) is 6.10 Å². The zero-order valence-corrected chi connectivity index (χ0v) is 14.5. The Balaban J connectivity index is 1.38. The van der Waals surface area contributed by atoms with Gasteiger partial charge in [-0.15, -0.1) is 0 Å². The number of aromatic nitrogens is 5. The van der Waals surface area contributed by atoms with Gasteiger partial charge in [0.1, 0.15) is 11.8 Å². The molecule has 1 aliphatic rings. The van der Waals surface area contributed by atoms with Gasteiger partial charge in [0.25, 0.3) is 5.89 Å². The molecule has 0 amide bonds. The summed E-state index contributed by atoms with van der Waals surface area (Å²) in [5, 5.41) is 8.21. The molecular weight excluding hydrogens is 346 g/mol. The number of benzene rings is 1. The number of nitrogens with zero attached hydrogens (tertiary/aromatic N) is 5. The van der Waals surface area contributed by atoms with Crippen LogP contribution in [0, 0.1) is 0 Å². The molecular formula is C19H17N5O3. The molecule has 27 heavy (non-hydrogen) atoms. The van der Waals surface area contributed by atoms with E-state index in [0.29, 0.717) is 29.8 Å². The summed E-state index contributed by atoms with van der Waals surface area (Å²) < 4.78 is 18.3.